The summed E-state index contributed by atoms with van der Waals surface area (Å²) in [5, 5.41) is 2.57. The second-order valence-electron chi connectivity index (χ2n) is 5.72. The van der Waals surface area contributed by atoms with Crippen LogP contribution >= 0.6 is 0 Å². The van der Waals surface area contributed by atoms with E-state index in [1.807, 2.05) is 6.92 Å². The second kappa shape index (κ2) is 7.70. The van der Waals surface area contributed by atoms with Crippen molar-refractivity contribution < 1.29 is 17.6 Å². The number of halogens is 1. The van der Waals surface area contributed by atoms with E-state index in [-0.39, 0.29) is 30.6 Å². The van der Waals surface area contributed by atoms with E-state index in [1.54, 1.807) is 0 Å². The number of hydrogen-bond acceptors (Lipinski definition) is 3. The van der Waals surface area contributed by atoms with Crippen molar-refractivity contribution in [2.24, 2.45) is 5.92 Å². The zero-order valence-corrected chi connectivity index (χ0v) is 13.8. The Bertz CT molecular complexity index is 680. The van der Waals surface area contributed by atoms with Gasteiger partial charge in [0, 0.05) is 19.2 Å². The van der Waals surface area contributed by atoms with Crippen molar-refractivity contribution >= 4 is 15.9 Å². The van der Waals surface area contributed by atoms with Crippen LogP contribution in [0.5, 0.6) is 0 Å². The topological polar surface area (TPSA) is 75.3 Å². The zero-order valence-electron chi connectivity index (χ0n) is 13.0. The Labute approximate surface area is 136 Å². The Balaban J connectivity index is 1.72. The number of carbonyl (C=O) groups is 1. The maximum absolute atomic E-state index is 12.8. The molecule has 0 bridgehead atoms. The lowest BCUT2D eigenvalue weighted by atomic mass is 10.2. The van der Waals surface area contributed by atoms with Crippen molar-refractivity contribution in [1.82, 2.24) is 10.0 Å². The molecule has 0 unspecified atom stereocenters. The molecule has 0 saturated heterocycles. The highest BCUT2D eigenvalue weighted by atomic mass is 32.2. The van der Waals surface area contributed by atoms with Crippen LogP contribution < -0.4 is 10.0 Å². The fraction of sp³-hybridized carbons (Fsp3) is 0.438. The van der Waals surface area contributed by atoms with Gasteiger partial charge in [-0.3, -0.25) is 4.79 Å². The number of sulfonamides is 1. The van der Waals surface area contributed by atoms with E-state index in [4.69, 9.17) is 0 Å². The van der Waals surface area contributed by atoms with Crippen molar-refractivity contribution in [3.8, 4) is 0 Å². The molecule has 1 fully saturated rings. The minimum absolute atomic E-state index is 0.0476. The summed E-state index contributed by atoms with van der Waals surface area (Å²) in [4.78, 5) is 11.6. The molecule has 1 aromatic carbocycles. The largest absolute Gasteiger partial charge is 0.351 e. The van der Waals surface area contributed by atoms with Crippen molar-refractivity contribution in [3.63, 3.8) is 0 Å². The first kappa shape index (κ1) is 17.6. The quantitative estimate of drug-likeness (QED) is 0.708. The van der Waals surface area contributed by atoms with Gasteiger partial charge in [-0.25, -0.2) is 17.5 Å². The Morgan fingerprint density at radius 2 is 1.96 bits per heavy atom. The molecular weight excluding hydrogens is 319 g/mol. The molecule has 1 aliphatic rings. The molecule has 0 radical (unpaired) electrons. The molecule has 0 heterocycles. The lowest BCUT2D eigenvalue weighted by Gasteiger charge is -2.07. The molecule has 23 heavy (non-hydrogen) atoms. The zero-order chi connectivity index (χ0) is 16.9. The summed E-state index contributed by atoms with van der Waals surface area (Å²) in [5.41, 5.74) is 1.71. The van der Waals surface area contributed by atoms with E-state index in [1.165, 1.54) is 30.3 Å². The molecule has 1 saturated carbocycles. The summed E-state index contributed by atoms with van der Waals surface area (Å²) in [5.74, 6) is -0.310. The van der Waals surface area contributed by atoms with Gasteiger partial charge in [-0.2, -0.15) is 0 Å². The van der Waals surface area contributed by atoms with Gasteiger partial charge >= 0.3 is 0 Å². The Hall–Kier alpha value is -1.73. The molecular formula is C16H21FN2O3S. The van der Waals surface area contributed by atoms with Crippen molar-refractivity contribution in [2.75, 3.05) is 12.3 Å². The maximum atomic E-state index is 12.8. The van der Waals surface area contributed by atoms with Gasteiger partial charge < -0.3 is 5.32 Å². The molecule has 0 spiro atoms. The van der Waals surface area contributed by atoms with Gasteiger partial charge in [-0.15, -0.1) is 0 Å². The van der Waals surface area contributed by atoms with Gasteiger partial charge in [-0.05, 0) is 43.4 Å². The number of nitrogens with one attached hydrogen (secondary N) is 2. The molecule has 2 rings (SSSR count). The van der Waals surface area contributed by atoms with Gasteiger partial charge in [0.15, 0.2) is 0 Å². The lowest BCUT2D eigenvalue weighted by Crippen LogP contribution is -2.33. The average Bonchev–Trinajstić information content (AvgIpc) is 3.31. The molecule has 2 N–H and O–H groups in total. The van der Waals surface area contributed by atoms with Crippen LogP contribution in [0, 0.1) is 11.7 Å². The van der Waals surface area contributed by atoms with Crippen LogP contribution in [0.15, 0.2) is 35.9 Å². The summed E-state index contributed by atoms with van der Waals surface area (Å²) in [6.45, 7) is 2.06. The highest BCUT2D eigenvalue weighted by Crippen LogP contribution is 2.35. The molecule has 0 aliphatic heterocycles. The first-order chi connectivity index (χ1) is 10.9. The van der Waals surface area contributed by atoms with Crippen LogP contribution in [0.2, 0.25) is 0 Å². The number of rotatable bonds is 8. The van der Waals surface area contributed by atoms with Crippen molar-refractivity contribution in [2.45, 2.75) is 26.3 Å². The standard InChI is InChI=1S/C16H21FN2O3S/c1-12(14-4-5-14)10-16(20)18-8-9-23(21,22)19-11-13-2-6-15(17)7-3-13/h2-3,6-7,10,14,19H,4-5,8-9,11H2,1H3,(H,18,20)/b12-10-. The van der Waals surface area contributed by atoms with Crippen molar-refractivity contribution in [3.05, 3.63) is 47.3 Å². The molecule has 126 valence electrons. The Morgan fingerprint density at radius 3 is 2.57 bits per heavy atom. The molecule has 5 nitrogen and oxygen atoms in total. The van der Waals surface area contributed by atoms with Crippen LogP contribution in [-0.2, 0) is 21.4 Å². The summed E-state index contributed by atoms with van der Waals surface area (Å²) in [6, 6.07) is 5.59. The third-order valence-corrected chi connectivity index (χ3v) is 4.99. The lowest BCUT2D eigenvalue weighted by molar-refractivity contribution is -0.116. The van der Waals surface area contributed by atoms with E-state index in [0.29, 0.717) is 11.5 Å². The first-order valence-electron chi connectivity index (χ1n) is 7.53. The first-order valence-corrected chi connectivity index (χ1v) is 9.19. The van der Waals surface area contributed by atoms with E-state index < -0.39 is 10.0 Å². The number of amides is 1. The monoisotopic (exact) mass is 340 g/mol. The highest BCUT2D eigenvalue weighted by Gasteiger charge is 2.23. The number of allylic oxidation sites excluding steroid dienone is 1. The van der Waals surface area contributed by atoms with Crippen molar-refractivity contribution in [1.29, 1.82) is 0 Å². The Morgan fingerprint density at radius 1 is 1.30 bits per heavy atom. The second-order valence-corrected chi connectivity index (χ2v) is 7.65. The molecule has 1 amide bonds. The van der Waals surface area contributed by atoms with E-state index >= 15 is 0 Å². The van der Waals surface area contributed by atoms with E-state index in [9.17, 15) is 17.6 Å². The SMILES string of the molecule is C/C(=C/C(=O)NCCS(=O)(=O)NCc1ccc(F)cc1)C1CC1. The fourth-order valence-electron chi connectivity index (χ4n) is 2.09. The smallest absolute Gasteiger partial charge is 0.243 e. The van der Waals surface area contributed by atoms with Crippen LogP contribution in [0.1, 0.15) is 25.3 Å². The van der Waals surface area contributed by atoms with Gasteiger partial charge in [0.2, 0.25) is 15.9 Å². The molecule has 0 aromatic heterocycles. The average molecular weight is 340 g/mol. The summed E-state index contributed by atoms with van der Waals surface area (Å²) in [7, 11) is -3.50. The third kappa shape index (κ3) is 6.50. The van der Waals surface area contributed by atoms with Crippen LogP contribution in [0.4, 0.5) is 4.39 Å². The maximum Gasteiger partial charge on any atom is 0.243 e. The molecule has 1 aromatic rings. The predicted octanol–water partition coefficient (Wildman–Crippen LogP) is 1.72. The summed E-state index contributed by atoms with van der Waals surface area (Å²) in [6.07, 6.45) is 3.78. The van der Waals surface area contributed by atoms with Gasteiger partial charge in [0.25, 0.3) is 0 Å². The van der Waals surface area contributed by atoms with Crippen LogP contribution in [0.25, 0.3) is 0 Å². The minimum Gasteiger partial charge on any atom is -0.351 e. The fourth-order valence-corrected chi connectivity index (χ4v) is 2.99. The normalized spacial score (nSPS) is 15.5. The van der Waals surface area contributed by atoms with Crippen LogP contribution in [0.3, 0.4) is 0 Å². The number of benzene rings is 1. The van der Waals surface area contributed by atoms with E-state index in [0.717, 1.165) is 18.4 Å². The van der Waals surface area contributed by atoms with E-state index in [2.05, 4.69) is 10.0 Å². The summed E-state index contributed by atoms with van der Waals surface area (Å²) < 4.78 is 38.9. The van der Waals surface area contributed by atoms with Gasteiger partial charge in [-0.1, -0.05) is 17.7 Å². The molecule has 1 aliphatic carbocycles. The van der Waals surface area contributed by atoms with Gasteiger partial charge in [0.1, 0.15) is 5.82 Å². The van der Waals surface area contributed by atoms with Gasteiger partial charge in [0.05, 0.1) is 5.75 Å². The highest BCUT2D eigenvalue weighted by molar-refractivity contribution is 7.89. The predicted molar refractivity (Wildman–Crippen MR) is 86.5 cm³/mol. The van der Waals surface area contributed by atoms with Crippen LogP contribution in [-0.4, -0.2) is 26.6 Å². The third-order valence-electron chi connectivity index (χ3n) is 3.66. The summed E-state index contributed by atoms with van der Waals surface area (Å²) >= 11 is 0. The molecule has 0 atom stereocenters. The number of carbonyl (C=O) groups excluding carboxylic acids is 1. The minimum atomic E-state index is -3.50. The number of hydrogen-bond donors (Lipinski definition) is 2. The Kier molecular flexibility index (Phi) is 5.90. The molecule has 7 heteroatoms.